The zero-order chi connectivity index (χ0) is 11.4. The molecule has 3 N–H and O–H groups in total. The largest absolute Gasteiger partial charge is 0.350 e. The molecule has 0 aromatic rings. The lowest BCUT2D eigenvalue weighted by atomic mass is 10.2. The molecule has 0 bridgehead atoms. The van der Waals surface area contributed by atoms with E-state index in [1.807, 2.05) is 13.8 Å². The Morgan fingerprint density at radius 1 is 1.43 bits per heavy atom. The Labute approximate surface area is 86.2 Å². The van der Waals surface area contributed by atoms with Crippen molar-refractivity contribution in [3.05, 3.63) is 0 Å². The zero-order valence-electron chi connectivity index (χ0n) is 9.38. The summed E-state index contributed by atoms with van der Waals surface area (Å²) in [5, 5.41) is 2.38. The highest BCUT2D eigenvalue weighted by Gasteiger charge is 1.91. The number of nitrogens with one attached hydrogen (secondary N) is 1. The van der Waals surface area contributed by atoms with Crippen LogP contribution in [0.4, 0.5) is 0 Å². The van der Waals surface area contributed by atoms with E-state index in [1.165, 1.54) is 6.42 Å². The average molecular weight is 202 g/mol. The molecule has 4 heteroatoms. The van der Waals surface area contributed by atoms with E-state index in [2.05, 4.69) is 12.2 Å². The van der Waals surface area contributed by atoms with Crippen molar-refractivity contribution in [2.24, 2.45) is 5.73 Å². The third-order valence-corrected chi connectivity index (χ3v) is 1.40. The van der Waals surface area contributed by atoms with Crippen molar-refractivity contribution in [3.63, 3.8) is 0 Å². The number of aldehydes is 1. The summed E-state index contributed by atoms with van der Waals surface area (Å²) in [6.07, 6.45) is 3.49. The third-order valence-electron chi connectivity index (χ3n) is 1.40. The van der Waals surface area contributed by atoms with Crippen LogP contribution in [0.1, 0.15) is 40.0 Å². The molecule has 84 valence electrons. The number of hydrogen-bond acceptors (Lipinski definition) is 3. The average Bonchev–Trinajstić information content (AvgIpc) is 2.15. The van der Waals surface area contributed by atoms with Gasteiger partial charge in [-0.05, 0) is 19.8 Å². The van der Waals surface area contributed by atoms with Crippen LogP contribution >= 0.6 is 0 Å². The predicted molar refractivity (Wildman–Crippen MR) is 57.9 cm³/mol. The Balaban J connectivity index is 0. The van der Waals surface area contributed by atoms with Gasteiger partial charge in [0, 0.05) is 12.6 Å². The smallest absolute Gasteiger partial charge is 0.284 e. The van der Waals surface area contributed by atoms with Crippen molar-refractivity contribution in [1.82, 2.24) is 5.32 Å². The van der Waals surface area contributed by atoms with E-state index in [-0.39, 0.29) is 6.29 Å². The second kappa shape index (κ2) is 12.1. The summed E-state index contributed by atoms with van der Waals surface area (Å²) in [7, 11) is 0. The monoisotopic (exact) mass is 202 g/mol. The molecule has 0 aliphatic carbocycles. The zero-order valence-corrected chi connectivity index (χ0v) is 9.38. The molecule has 1 unspecified atom stereocenters. The van der Waals surface area contributed by atoms with Gasteiger partial charge in [0.05, 0.1) is 0 Å². The van der Waals surface area contributed by atoms with Crippen molar-refractivity contribution in [1.29, 1.82) is 0 Å². The summed E-state index contributed by atoms with van der Waals surface area (Å²) in [6.45, 7) is 6.68. The molecule has 1 amide bonds. The minimum atomic E-state index is -0.535. The molecular formula is C10H22N2O2. The van der Waals surface area contributed by atoms with E-state index >= 15 is 0 Å². The molecule has 0 saturated heterocycles. The fourth-order valence-electron chi connectivity index (χ4n) is 0.745. The maximum atomic E-state index is 10.1. The number of rotatable bonds is 5. The molecule has 0 heterocycles. The second-order valence-electron chi connectivity index (χ2n) is 3.17. The van der Waals surface area contributed by atoms with Gasteiger partial charge in [0.1, 0.15) is 0 Å². The lowest BCUT2D eigenvalue weighted by molar-refractivity contribution is -0.131. The lowest BCUT2D eigenvalue weighted by Gasteiger charge is -1.96. The molecule has 0 spiro atoms. The second-order valence-corrected chi connectivity index (χ2v) is 3.17. The fourth-order valence-corrected chi connectivity index (χ4v) is 0.745. The Morgan fingerprint density at radius 3 is 2.21 bits per heavy atom. The number of hydrogen-bond donors (Lipinski definition) is 2. The van der Waals surface area contributed by atoms with Gasteiger partial charge in [0.15, 0.2) is 0 Å². The van der Waals surface area contributed by atoms with Crippen LogP contribution < -0.4 is 11.1 Å². The lowest BCUT2D eigenvalue weighted by Crippen LogP contribution is -2.24. The predicted octanol–water partition coefficient (Wildman–Crippen LogP) is 0.845. The van der Waals surface area contributed by atoms with E-state index in [0.29, 0.717) is 12.6 Å². The van der Waals surface area contributed by atoms with Gasteiger partial charge in [-0.2, -0.15) is 0 Å². The first-order valence-corrected chi connectivity index (χ1v) is 5.07. The minimum absolute atomic E-state index is 0.273. The first-order chi connectivity index (χ1) is 6.58. The quantitative estimate of drug-likeness (QED) is 0.512. The Kier molecular flexibility index (Phi) is 13.5. The summed E-state index contributed by atoms with van der Waals surface area (Å²) in [5.41, 5.74) is 5.40. The molecule has 0 aromatic heterocycles. The van der Waals surface area contributed by atoms with Crippen molar-refractivity contribution in [2.45, 2.75) is 46.1 Å². The Hall–Kier alpha value is -0.900. The topological polar surface area (TPSA) is 72.2 Å². The highest BCUT2D eigenvalue weighted by atomic mass is 16.2. The number of carbonyl (C=O) groups is 2. The van der Waals surface area contributed by atoms with Crippen LogP contribution in [0.5, 0.6) is 0 Å². The molecule has 0 rings (SSSR count). The molecule has 0 aromatic carbocycles. The molecule has 4 nitrogen and oxygen atoms in total. The van der Waals surface area contributed by atoms with Gasteiger partial charge < -0.3 is 11.1 Å². The van der Waals surface area contributed by atoms with Gasteiger partial charge in [-0.1, -0.05) is 20.3 Å². The van der Waals surface area contributed by atoms with Crippen molar-refractivity contribution in [2.75, 3.05) is 6.54 Å². The van der Waals surface area contributed by atoms with Crippen LogP contribution in [0.15, 0.2) is 0 Å². The van der Waals surface area contributed by atoms with E-state index in [9.17, 15) is 9.59 Å². The summed E-state index contributed by atoms with van der Waals surface area (Å²) >= 11 is 0. The van der Waals surface area contributed by atoms with Crippen LogP contribution in [-0.2, 0) is 9.59 Å². The van der Waals surface area contributed by atoms with Gasteiger partial charge in [0.25, 0.3) is 5.91 Å². The molecule has 0 radical (unpaired) electrons. The van der Waals surface area contributed by atoms with Crippen molar-refractivity contribution in [3.8, 4) is 0 Å². The van der Waals surface area contributed by atoms with Gasteiger partial charge in [-0.3, -0.25) is 9.59 Å². The summed E-state index contributed by atoms with van der Waals surface area (Å²) in [6, 6.07) is 0.398. The molecule has 0 fully saturated rings. The van der Waals surface area contributed by atoms with E-state index < -0.39 is 5.91 Å². The summed E-state index contributed by atoms with van der Waals surface area (Å²) in [4.78, 5) is 19.7. The molecule has 1 atom stereocenters. The molecule has 0 aliphatic rings. The van der Waals surface area contributed by atoms with E-state index in [4.69, 9.17) is 5.73 Å². The Bertz CT molecular complexity index is 147. The number of amides is 1. The van der Waals surface area contributed by atoms with Gasteiger partial charge in [-0.15, -0.1) is 0 Å². The maximum Gasteiger partial charge on any atom is 0.284 e. The summed E-state index contributed by atoms with van der Waals surface area (Å²) in [5.74, 6) is -0.535. The van der Waals surface area contributed by atoms with Gasteiger partial charge in [-0.25, -0.2) is 0 Å². The molecule has 14 heavy (non-hydrogen) atoms. The van der Waals surface area contributed by atoms with Crippen LogP contribution in [0.3, 0.4) is 0 Å². The van der Waals surface area contributed by atoms with Crippen LogP contribution in [0.25, 0.3) is 0 Å². The first kappa shape index (κ1) is 15.6. The highest BCUT2D eigenvalue weighted by molar-refractivity contribution is 6.23. The maximum absolute atomic E-state index is 10.1. The van der Waals surface area contributed by atoms with Crippen LogP contribution in [0.2, 0.25) is 0 Å². The van der Waals surface area contributed by atoms with Gasteiger partial charge in [0.2, 0.25) is 6.29 Å². The first-order valence-electron chi connectivity index (χ1n) is 5.07. The summed E-state index contributed by atoms with van der Waals surface area (Å²) < 4.78 is 0. The van der Waals surface area contributed by atoms with Gasteiger partial charge >= 0.3 is 0 Å². The van der Waals surface area contributed by atoms with Crippen LogP contribution in [0, 0.1) is 0 Å². The Morgan fingerprint density at radius 2 is 2.00 bits per heavy atom. The highest BCUT2D eigenvalue weighted by Crippen LogP contribution is 1.88. The van der Waals surface area contributed by atoms with Crippen LogP contribution in [-0.4, -0.2) is 24.8 Å². The van der Waals surface area contributed by atoms with Crippen molar-refractivity contribution >= 4 is 12.2 Å². The fraction of sp³-hybridized carbons (Fsp3) is 0.800. The van der Waals surface area contributed by atoms with E-state index in [0.717, 1.165) is 12.8 Å². The normalized spacial score (nSPS) is 10.9. The standard InChI is InChI=1S/C5H9NO2.C5H13N/c1-2-3-6-5(8)4-7;1-3-4-5(2)6/h4H,2-3H2,1H3,(H,6,8);5H,3-4,6H2,1-2H3. The molecular weight excluding hydrogens is 180 g/mol. The number of nitrogens with two attached hydrogens (primary N) is 1. The SMILES string of the molecule is CCCC(C)N.CCCNC(=O)C=O. The number of carbonyl (C=O) groups excluding carboxylic acids is 2. The van der Waals surface area contributed by atoms with E-state index in [1.54, 1.807) is 0 Å². The molecule has 0 aliphatic heterocycles. The minimum Gasteiger partial charge on any atom is -0.350 e. The third kappa shape index (κ3) is 17.3. The van der Waals surface area contributed by atoms with Crippen molar-refractivity contribution < 1.29 is 9.59 Å². The molecule has 0 saturated carbocycles.